The van der Waals surface area contributed by atoms with Crippen molar-refractivity contribution < 1.29 is 9.59 Å². The second-order valence-corrected chi connectivity index (χ2v) is 5.04. The predicted octanol–water partition coefficient (Wildman–Crippen LogP) is 2.11. The minimum absolute atomic E-state index is 0.159. The molecular formula is C11H16O2. The van der Waals surface area contributed by atoms with Crippen LogP contribution < -0.4 is 0 Å². The molecule has 2 saturated carbocycles. The van der Waals surface area contributed by atoms with Crippen LogP contribution in [-0.2, 0) is 9.59 Å². The van der Waals surface area contributed by atoms with Crippen LogP contribution >= 0.6 is 0 Å². The quantitative estimate of drug-likeness (QED) is 0.572. The maximum Gasteiger partial charge on any atom is 0.139 e. The fourth-order valence-electron chi connectivity index (χ4n) is 2.75. The van der Waals surface area contributed by atoms with Gasteiger partial charge < -0.3 is 0 Å². The van der Waals surface area contributed by atoms with Gasteiger partial charge in [0.15, 0.2) is 0 Å². The molecule has 13 heavy (non-hydrogen) atoms. The van der Waals surface area contributed by atoms with E-state index < -0.39 is 0 Å². The maximum atomic E-state index is 11.4. The lowest BCUT2D eigenvalue weighted by molar-refractivity contribution is -0.162. The second-order valence-electron chi connectivity index (χ2n) is 5.04. The zero-order chi connectivity index (χ0) is 9.69. The summed E-state index contributed by atoms with van der Waals surface area (Å²) in [6.45, 7) is 4.07. The van der Waals surface area contributed by atoms with Crippen LogP contribution in [0.1, 0.15) is 46.0 Å². The van der Waals surface area contributed by atoms with Crippen LogP contribution in [0.5, 0.6) is 0 Å². The first kappa shape index (κ1) is 8.92. The minimum atomic E-state index is -0.159. The fourth-order valence-corrected chi connectivity index (χ4v) is 2.75. The van der Waals surface area contributed by atoms with E-state index in [0.717, 1.165) is 12.8 Å². The van der Waals surface area contributed by atoms with Gasteiger partial charge in [-0.15, -0.1) is 0 Å². The Kier molecular flexibility index (Phi) is 1.67. The Hall–Kier alpha value is -0.660. The summed E-state index contributed by atoms with van der Waals surface area (Å²) in [5, 5.41) is 0. The third kappa shape index (κ3) is 1.01. The van der Waals surface area contributed by atoms with Crippen LogP contribution in [0.15, 0.2) is 0 Å². The van der Waals surface area contributed by atoms with Crippen molar-refractivity contribution in [3.05, 3.63) is 0 Å². The highest BCUT2D eigenvalue weighted by Crippen LogP contribution is 2.60. The monoisotopic (exact) mass is 180 g/mol. The van der Waals surface area contributed by atoms with Crippen molar-refractivity contribution in [3.8, 4) is 0 Å². The van der Waals surface area contributed by atoms with Crippen molar-refractivity contribution >= 4 is 11.6 Å². The standard InChI is InChI=1S/C11H16O2/c1-10(2)9(13)7-11(10)5-3-8(12)4-6-11/h3-7H2,1-2H3. The highest BCUT2D eigenvalue weighted by atomic mass is 16.1. The van der Waals surface area contributed by atoms with E-state index >= 15 is 0 Å². The summed E-state index contributed by atoms with van der Waals surface area (Å²) in [6.07, 6.45) is 3.97. The van der Waals surface area contributed by atoms with Crippen molar-refractivity contribution in [1.29, 1.82) is 0 Å². The largest absolute Gasteiger partial charge is 0.300 e. The first-order chi connectivity index (χ1) is 5.98. The van der Waals surface area contributed by atoms with Crippen LogP contribution in [0.4, 0.5) is 0 Å². The van der Waals surface area contributed by atoms with Gasteiger partial charge in [0.2, 0.25) is 0 Å². The van der Waals surface area contributed by atoms with Gasteiger partial charge in [-0.05, 0) is 18.3 Å². The minimum Gasteiger partial charge on any atom is -0.300 e. The van der Waals surface area contributed by atoms with Crippen molar-refractivity contribution in [2.75, 3.05) is 0 Å². The van der Waals surface area contributed by atoms with E-state index in [9.17, 15) is 9.59 Å². The molecule has 0 bridgehead atoms. The van der Waals surface area contributed by atoms with E-state index in [2.05, 4.69) is 0 Å². The Balaban J connectivity index is 2.16. The summed E-state index contributed by atoms with van der Waals surface area (Å²) in [7, 11) is 0. The van der Waals surface area contributed by atoms with Gasteiger partial charge in [0.25, 0.3) is 0 Å². The highest BCUT2D eigenvalue weighted by molar-refractivity contribution is 5.93. The molecule has 0 amide bonds. The summed E-state index contributed by atoms with van der Waals surface area (Å²) >= 11 is 0. The zero-order valence-corrected chi connectivity index (χ0v) is 8.35. The van der Waals surface area contributed by atoms with Crippen LogP contribution in [0.2, 0.25) is 0 Å². The molecular weight excluding hydrogens is 164 g/mol. The van der Waals surface area contributed by atoms with E-state index in [1.165, 1.54) is 0 Å². The predicted molar refractivity (Wildman–Crippen MR) is 49.3 cm³/mol. The number of carbonyl (C=O) groups excluding carboxylic acids is 2. The smallest absolute Gasteiger partial charge is 0.139 e. The molecule has 0 aliphatic heterocycles. The molecule has 1 spiro atoms. The Morgan fingerprint density at radius 2 is 1.62 bits per heavy atom. The van der Waals surface area contributed by atoms with Gasteiger partial charge in [0.05, 0.1) is 0 Å². The lowest BCUT2D eigenvalue weighted by Crippen LogP contribution is -2.57. The van der Waals surface area contributed by atoms with Gasteiger partial charge in [-0.3, -0.25) is 9.59 Å². The number of rotatable bonds is 0. The normalized spacial score (nSPS) is 30.3. The summed E-state index contributed by atoms with van der Waals surface area (Å²) in [6, 6.07) is 0. The molecule has 0 saturated heterocycles. The molecule has 0 aromatic carbocycles. The summed E-state index contributed by atoms with van der Waals surface area (Å²) < 4.78 is 0. The third-order valence-corrected chi connectivity index (χ3v) is 4.29. The Morgan fingerprint density at radius 3 is 2.00 bits per heavy atom. The van der Waals surface area contributed by atoms with Gasteiger partial charge in [0, 0.05) is 24.7 Å². The molecule has 0 aromatic heterocycles. The van der Waals surface area contributed by atoms with Crippen LogP contribution in [0, 0.1) is 10.8 Å². The molecule has 2 fully saturated rings. The van der Waals surface area contributed by atoms with E-state index in [-0.39, 0.29) is 10.8 Å². The second kappa shape index (κ2) is 2.43. The first-order valence-corrected chi connectivity index (χ1v) is 5.03. The highest BCUT2D eigenvalue weighted by Gasteiger charge is 2.59. The van der Waals surface area contributed by atoms with E-state index in [0.29, 0.717) is 30.8 Å². The molecule has 2 rings (SSSR count). The molecule has 0 aromatic rings. The molecule has 0 heterocycles. The number of hydrogen-bond acceptors (Lipinski definition) is 2. The number of ketones is 2. The molecule has 2 aliphatic carbocycles. The lowest BCUT2D eigenvalue weighted by Gasteiger charge is -2.56. The zero-order valence-electron chi connectivity index (χ0n) is 8.35. The van der Waals surface area contributed by atoms with Gasteiger partial charge in [0.1, 0.15) is 11.6 Å². The van der Waals surface area contributed by atoms with Crippen LogP contribution in [0.25, 0.3) is 0 Å². The number of Topliss-reactive ketones (excluding diaryl/α,β-unsaturated/α-hetero) is 2. The molecule has 2 nitrogen and oxygen atoms in total. The van der Waals surface area contributed by atoms with Crippen molar-refractivity contribution in [2.45, 2.75) is 46.0 Å². The number of hydrogen-bond donors (Lipinski definition) is 0. The SMILES string of the molecule is CC1(C)C(=O)CC12CCC(=O)CC2. The van der Waals surface area contributed by atoms with E-state index in [1.807, 2.05) is 13.8 Å². The molecule has 72 valence electrons. The van der Waals surface area contributed by atoms with Gasteiger partial charge in [-0.25, -0.2) is 0 Å². The van der Waals surface area contributed by atoms with Gasteiger partial charge in [-0.2, -0.15) is 0 Å². The molecule has 0 radical (unpaired) electrons. The molecule has 0 atom stereocenters. The van der Waals surface area contributed by atoms with Crippen molar-refractivity contribution in [3.63, 3.8) is 0 Å². The first-order valence-electron chi connectivity index (χ1n) is 5.03. The summed E-state index contributed by atoms with van der Waals surface area (Å²) in [5.74, 6) is 0.752. The Morgan fingerprint density at radius 1 is 1.08 bits per heavy atom. The van der Waals surface area contributed by atoms with Crippen molar-refractivity contribution in [1.82, 2.24) is 0 Å². The van der Waals surface area contributed by atoms with Crippen LogP contribution in [-0.4, -0.2) is 11.6 Å². The molecule has 0 N–H and O–H groups in total. The van der Waals surface area contributed by atoms with Gasteiger partial charge >= 0.3 is 0 Å². The lowest BCUT2D eigenvalue weighted by atomic mass is 9.46. The Bertz CT molecular complexity index is 266. The topological polar surface area (TPSA) is 34.1 Å². The molecule has 2 heteroatoms. The fraction of sp³-hybridized carbons (Fsp3) is 0.818. The average Bonchev–Trinajstić information content (AvgIpc) is 2.09. The molecule has 0 unspecified atom stereocenters. The summed E-state index contributed by atoms with van der Waals surface area (Å²) in [5.41, 5.74) is 0.0195. The summed E-state index contributed by atoms with van der Waals surface area (Å²) in [4.78, 5) is 22.5. The van der Waals surface area contributed by atoms with Gasteiger partial charge in [-0.1, -0.05) is 13.8 Å². The third-order valence-electron chi connectivity index (χ3n) is 4.29. The molecule has 2 aliphatic rings. The van der Waals surface area contributed by atoms with Crippen LogP contribution in [0.3, 0.4) is 0 Å². The average molecular weight is 180 g/mol. The van der Waals surface area contributed by atoms with E-state index in [1.54, 1.807) is 0 Å². The Labute approximate surface area is 78.7 Å². The van der Waals surface area contributed by atoms with Crippen molar-refractivity contribution in [2.24, 2.45) is 10.8 Å². The maximum absolute atomic E-state index is 11.4. The van der Waals surface area contributed by atoms with E-state index in [4.69, 9.17) is 0 Å². The number of carbonyl (C=O) groups is 2.